The molecule has 0 saturated heterocycles. The van der Waals surface area contributed by atoms with Gasteiger partial charge in [-0.2, -0.15) is 13.2 Å². The average molecular weight is 578 g/mol. The van der Waals surface area contributed by atoms with Crippen LogP contribution in [0.2, 0.25) is 0 Å². The van der Waals surface area contributed by atoms with Crippen molar-refractivity contribution in [2.45, 2.75) is 74.2 Å². The number of ether oxygens (including phenoxy) is 1. The van der Waals surface area contributed by atoms with Crippen LogP contribution in [0.15, 0.2) is 28.6 Å². The average Bonchev–Trinajstić information content (AvgIpc) is 3.25. The first-order valence-corrected chi connectivity index (χ1v) is 13.8. The number of aromatic nitrogens is 1. The molecule has 1 aliphatic rings. The van der Waals surface area contributed by atoms with E-state index >= 15 is 0 Å². The molecule has 1 saturated carbocycles. The van der Waals surface area contributed by atoms with E-state index in [-0.39, 0.29) is 31.4 Å². The number of alkyl halides is 3. The third kappa shape index (κ3) is 8.31. The predicted octanol–water partition coefficient (Wildman–Crippen LogP) is 6.89. The van der Waals surface area contributed by atoms with Crippen LogP contribution in [-0.2, 0) is 22.3 Å². The number of anilines is 1. The molecule has 0 atom stereocenters. The molecule has 13 heteroatoms. The molecule has 1 aliphatic carbocycles. The molecule has 38 heavy (non-hydrogen) atoms. The Hall–Kier alpha value is -2.38. The van der Waals surface area contributed by atoms with Crippen molar-refractivity contribution < 1.29 is 37.0 Å². The van der Waals surface area contributed by atoms with Crippen LogP contribution in [0.1, 0.15) is 57.6 Å². The maximum Gasteiger partial charge on any atom is 0.416 e. The van der Waals surface area contributed by atoms with Crippen molar-refractivity contribution in [3.05, 3.63) is 41.3 Å². The quantitative estimate of drug-likeness (QED) is 0.182. The van der Waals surface area contributed by atoms with Gasteiger partial charge in [0.2, 0.25) is 0 Å². The first-order chi connectivity index (χ1) is 17.8. The molecule has 2 N–H and O–H groups in total. The normalized spacial score (nSPS) is 18.3. The zero-order valence-corrected chi connectivity index (χ0v) is 22.9. The topological polar surface area (TPSA) is 91.8 Å². The molecule has 7 nitrogen and oxygen atoms in total. The second-order valence-corrected chi connectivity index (χ2v) is 12.7. The van der Waals surface area contributed by atoms with Gasteiger partial charge in [0.15, 0.2) is 5.13 Å². The van der Waals surface area contributed by atoms with Gasteiger partial charge in [0.25, 0.3) is 0 Å². The Morgan fingerprint density at radius 2 is 1.92 bits per heavy atom. The number of hydrogen-bond donors (Lipinski definition) is 2. The van der Waals surface area contributed by atoms with E-state index in [4.69, 9.17) is 4.74 Å². The van der Waals surface area contributed by atoms with Crippen LogP contribution in [0.25, 0.3) is 0 Å². The lowest BCUT2D eigenvalue weighted by molar-refractivity contribution is -0.139. The van der Waals surface area contributed by atoms with E-state index in [0.717, 1.165) is 60.9 Å². The van der Waals surface area contributed by atoms with E-state index in [1.165, 1.54) is 6.20 Å². The minimum absolute atomic E-state index is 0.0140. The highest BCUT2D eigenvalue weighted by molar-refractivity contribution is 8.03. The van der Waals surface area contributed by atoms with E-state index < -0.39 is 34.3 Å². The number of carbonyl (C=O) groups excluding carboxylic acids is 1. The first-order valence-electron chi connectivity index (χ1n) is 12.2. The zero-order chi connectivity index (χ0) is 28.1. The predicted molar refractivity (Wildman–Crippen MR) is 138 cm³/mol. The fraction of sp³-hybridized carbons (Fsp3) is 0.560. The van der Waals surface area contributed by atoms with E-state index in [0.29, 0.717) is 21.3 Å². The number of thioether (sulfide) groups is 1. The van der Waals surface area contributed by atoms with Crippen LogP contribution in [-0.4, -0.2) is 50.9 Å². The Kier molecular flexibility index (Phi) is 10.0. The molecule has 0 unspecified atom stereocenters. The lowest BCUT2D eigenvalue weighted by Gasteiger charge is -2.36. The number of nitrogens with one attached hydrogen (secondary N) is 1. The van der Waals surface area contributed by atoms with Crippen LogP contribution >= 0.6 is 23.1 Å². The van der Waals surface area contributed by atoms with Gasteiger partial charge in [0.05, 0.1) is 29.2 Å². The molecule has 0 radical (unpaired) electrons. The standard InChI is InChI=1S/C25H31F4N3O4S2/c1-15-4-8-18(9-5-15)32(10-11-36-14-16-6-7-17(26)12-19(16)25(27,28)29)23(35)31-22-30-13-20(37-22)38-24(2,3)21(33)34/h6-7,12-13,15,18H,4-5,8-11,14H2,1-3H3,(H,33,34)(H,30,31,35)/t15-,18-. The van der Waals surface area contributed by atoms with Crippen LogP contribution in [0.4, 0.5) is 27.5 Å². The molecule has 0 aliphatic heterocycles. The SMILES string of the molecule is CC(C)(Sc1cnc(NC(=O)N(CCOCc2ccc(F)cc2C(F)(F)F)[C@H]2CC[C@H](C)CC2)s1)C(=O)O. The molecule has 0 bridgehead atoms. The number of halogens is 4. The van der Waals surface area contributed by atoms with E-state index in [9.17, 15) is 32.3 Å². The van der Waals surface area contributed by atoms with E-state index in [1.807, 2.05) is 0 Å². The molecular formula is C25H31F4N3O4S2. The number of urea groups is 1. The molecule has 210 valence electrons. The van der Waals surface area contributed by atoms with Crippen molar-refractivity contribution in [1.82, 2.24) is 9.88 Å². The van der Waals surface area contributed by atoms with Gasteiger partial charge in [-0.25, -0.2) is 14.2 Å². The van der Waals surface area contributed by atoms with Gasteiger partial charge in [0, 0.05) is 12.6 Å². The third-order valence-electron chi connectivity index (χ3n) is 6.37. The van der Waals surface area contributed by atoms with E-state index in [1.54, 1.807) is 18.7 Å². The number of carboxylic acid groups (broad SMARTS) is 1. The number of carboxylic acids is 1. The molecular weight excluding hydrogens is 546 g/mol. The Balaban J connectivity index is 1.64. The monoisotopic (exact) mass is 577 g/mol. The number of carbonyl (C=O) groups is 2. The molecule has 3 rings (SSSR count). The van der Waals surface area contributed by atoms with Crippen molar-refractivity contribution in [2.75, 3.05) is 18.5 Å². The summed E-state index contributed by atoms with van der Waals surface area (Å²) in [4.78, 5) is 30.4. The Morgan fingerprint density at radius 1 is 1.24 bits per heavy atom. The summed E-state index contributed by atoms with van der Waals surface area (Å²) in [7, 11) is 0. The molecule has 1 fully saturated rings. The fourth-order valence-electron chi connectivity index (χ4n) is 4.11. The van der Waals surface area contributed by atoms with Crippen molar-refractivity contribution in [1.29, 1.82) is 0 Å². The largest absolute Gasteiger partial charge is 0.480 e. The van der Waals surface area contributed by atoms with Gasteiger partial charge in [-0.1, -0.05) is 36.1 Å². The van der Waals surface area contributed by atoms with Gasteiger partial charge in [-0.05, 0) is 63.1 Å². The molecule has 0 spiro atoms. The summed E-state index contributed by atoms with van der Waals surface area (Å²) < 4.78 is 58.2. The summed E-state index contributed by atoms with van der Waals surface area (Å²) in [5, 5.41) is 12.4. The number of rotatable bonds is 10. The number of aliphatic carboxylic acids is 1. The first kappa shape index (κ1) is 30.2. The lowest BCUT2D eigenvalue weighted by atomic mass is 9.86. The third-order valence-corrected chi connectivity index (χ3v) is 8.57. The molecule has 1 heterocycles. The van der Waals surface area contributed by atoms with Crippen molar-refractivity contribution in [2.24, 2.45) is 5.92 Å². The summed E-state index contributed by atoms with van der Waals surface area (Å²) in [6.07, 6.45) is 0.264. The highest BCUT2D eigenvalue weighted by Gasteiger charge is 2.34. The summed E-state index contributed by atoms with van der Waals surface area (Å²) in [6.45, 7) is 5.06. The molecule has 2 amide bonds. The fourth-order valence-corrected chi connectivity index (χ4v) is 6.37. The molecule has 1 aromatic heterocycles. The number of hydrogen-bond acceptors (Lipinski definition) is 6. The summed E-state index contributed by atoms with van der Waals surface area (Å²) in [5.74, 6) is -1.41. The Bertz CT molecular complexity index is 1120. The lowest BCUT2D eigenvalue weighted by Crippen LogP contribution is -2.46. The van der Waals surface area contributed by atoms with Crippen LogP contribution in [0.5, 0.6) is 0 Å². The van der Waals surface area contributed by atoms with Crippen LogP contribution < -0.4 is 5.32 Å². The van der Waals surface area contributed by atoms with Crippen LogP contribution in [0, 0.1) is 11.7 Å². The molecule has 2 aromatic rings. The Labute approximate surface area is 227 Å². The summed E-state index contributed by atoms with van der Waals surface area (Å²) in [6, 6.07) is 1.98. The van der Waals surface area contributed by atoms with Gasteiger partial charge >= 0.3 is 18.2 Å². The van der Waals surface area contributed by atoms with Crippen molar-refractivity contribution in [3.63, 3.8) is 0 Å². The van der Waals surface area contributed by atoms with Gasteiger partial charge < -0.3 is 14.7 Å². The maximum atomic E-state index is 13.4. The summed E-state index contributed by atoms with van der Waals surface area (Å²) in [5.41, 5.74) is -1.27. The van der Waals surface area contributed by atoms with E-state index in [2.05, 4.69) is 17.2 Å². The van der Waals surface area contributed by atoms with Gasteiger partial charge in [-0.3, -0.25) is 10.1 Å². The van der Waals surface area contributed by atoms with Gasteiger partial charge in [-0.15, -0.1) is 0 Å². The van der Waals surface area contributed by atoms with Crippen molar-refractivity contribution in [3.8, 4) is 0 Å². The summed E-state index contributed by atoms with van der Waals surface area (Å²) >= 11 is 2.29. The minimum atomic E-state index is -4.71. The highest BCUT2D eigenvalue weighted by Crippen LogP contribution is 2.38. The maximum absolute atomic E-state index is 13.4. The number of nitrogens with zero attached hydrogens (tertiary/aromatic N) is 2. The number of amides is 2. The number of thiazole rings is 1. The Morgan fingerprint density at radius 3 is 2.55 bits per heavy atom. The smallest absolute Gasteiger partial charge is 0.416 e. The second-order valence-electron chi connectivity index (χ2n) is 9.79. The van der Waals surface area contributed by atoms with Gasteiger partial charge in [0.1, 0.15) is 10.6 Å². The van der Waals surface area contributed by atoms with Crippen LogP contribution in [0.3, 0.4) is 0 Å². The van der Waals surface area contributed by atoms with Crippen molar-refractivity contribution >= 4 is 40.2 Å². The minimum Gasteiger partial charge on any atom is -0.480 e. The number of benzene rings is 1. The highest BCUT2D eigenvalue weighted by atomic mass is 32.2. The zero-order valence-electron chi connectivity index (χ0n) is 21.3. The second kappa shape index (κ2) is 12.6. The molecule has 1 aromatic carbocycles.